The van der Waals surface area contributed by atoms with Crippen molar-refractivity contribution in [3.8, 4) is 5.75 Å². The van der Waals surface area contributed by atoms with Crippen LogP contribution in [0, 0.1) is 0 Å². The number of carbonyl (C=O) groups is 2. The van der Waals surface area contributed by atoms with E-state index in [0.29, 0.717) is 17.9 Å². The molecule has 100 valence electrons. The molecule has 5 heteroatoms. The molecule has 1 aromatic rings. The van der Waals surface area contributed by atoms with Crippen LogP contribution < -0.4 is 4.74 Å². The first-order chi connectivity index (χ1) is 9.16. The van der Waals surface area contributed by atoms with Crippen molar-refractivity contribution in [1.82, 2.24) is 4.90 Å². The number of hydrogen-bond acceptors (Lipinski definition) is 3. The number of ether oxygens (including phenoxy) is 1. The zero-order chi connectivity index (χ0) is 13.7. The van der Waals surface area contributed by atoms with Crippen molar-refractivity contribution < 1.29 is 19.4 Å². The van der Waals surface area contributed by atoms with Gasteiger partial charge in [-0.3, -0.25) is 4.79 Å². The predicted octanol–water partition coefficient (Wildman–Crippen LogP) is 1.55. The molecule has 1 aromatic carbocycles. The highest BCUT2D eigenvalue weighted by Crippen LogP contribution is 2.15. The molecule has 1 N–H and O–H groups in total. The normalized spacial score (nSPS) is 14.2. The summed E-state index contributed by atoms with van der Waals surface area (Å²) in [7, 11) is 0. The van der Waals surface area contributed by atoms with Gasteiger partial charge < -0.3 is 14.7 Å². The second-order valence-electron chi connectivity index (χ2n) is 4.22. The Balaban J connectivity index is 1.99. The quantitative estimate of drug-likeness (QED) is 0.835. The highest BCUT2D eigenvalue weighted by molar-refractivity contribution is 5.94. The topological polar surface area (TPSA) is 66.8 Å². The minimum Gasteiger partial charge on any atom is -0.482 e. The molecular formula is C14H15NO4. The Hall–Kier alpha value is -2.30. The molecule has 0 radical (unpaired) electrons. The van der Waals surface area contributed by atoms with Gasteiger partial charge in [-0.1, -0.05) is 12.2 Å². The van der Waals surface area contributed by atoms with Gasteiger partial charge in [-0.25, -0.2) is 4.79 Å². The van der Waals surface area contributed by atoms with Crippen LogP contribution in [0.1, 0.15) is 16.8 Å². The monoisotopic (exact) mass is 261 g/mol. The molecule has 0 aliphatic carbocycles. The van der Waals surface area contributed by atoms with E-state index in [1.807, 2.05) is 6.08 Å². The van der Waals surface area contributed by atoms with Crippen LogP contribution in [0.2, 0.25) is 0 Å². The van der Waals surface area contributed by atoms with Crippen LogP contribution in [0.25, 0.3) is 0 Å². The van der Waals surface area contributed by atoms with Crippen molar-refractivity contribution in [1.29, 1.82) is 0 Å². The molecule has 1 amide bonds. The number of carboxylic acid groups (broad SMARTS) is 1. The van der Waals surface area contributed by atoms with E-state index >= 15 is 0 Å². The minimum absolute atomic E-state index is 0.0193. The summed E-state index contributed by atoms with van der Waals surface area (Å²) in [6.07, 6.45) is 4.92. The molecule has 0 bridgehead atoms. The van der Waals surface area contributed by atoms with Gasteiger partial charge in [0, 0.05) is 18.7 Å². The summed E-state index contributed by atoms with van der Waals surface area (Å²) in [4.78, 5) is 24.3. The molecule has 0 atom stereocenters. The maximum Gasteiger partial charge on any atom is 0.341 e. The van der Waals surface area contributed by atoms with Crippen molar-refractivity contribution in [3.63, 3.8) is 0 Å². The average molecular weight is 261 g/mol. The first-order valence-electron chi connectivity index (χ1n) is 6.06. The van der Waals surface area contributed by atoms with Gasteiger partial charge in [0.05, 0.1) is 0 Å². The summed E-state index contributed by atoms with van der Waals surface area (Å²) < 4.78 is 5.01. The number of hydrogen-bond donors (Lipinski definition) is 1. The molecule has 2 rings (SSSR count). The third-order valence-electron chi connectivity index (χ3n) is 2.81. The Morgan fingerprint density at radius 2 is 1.95 bits per heavy atom. The van der Waals surface area contributed by atoms with Gasteiger partial charge in [0.25, 0.3) is 5.91 Å². The second-order valence-corrected chi connectivity index (χ2v) is 4.22. The second kappa shape index (κ2) is 6.04. The lowest BCUT2D eigenvalue weighted by atomic mass is 10.1. The zero-order valence-corrected chi connectivity index (χ0v) is 10.4. The molecule has 0 fully saturated rings. The number of rotatable bonds is 4. The van der Waals surface area contributed by atoms with E-state index < -0.39 is 5.97 Å². The molecule has 0 unspecified atom stereocenters. The lowest BCUT2D eigenvalue weighted by Gasteiger charge is -2.23. The third kappa shape index (κ3) is 3.58. The molecular weight excluding hydrogens is 246 g/mol. The van der Waals surface area contributed by atoms with Gasteiger partial charge in [-0.2, -0.15) is 0 Å². The van der Waals surface area contributed by atoms with E-state index in [9.17, 15) is 9.59 Å². The van der Waals surface area contributed by atoms with Gasteiger partial charge in [0.1, 0.15) is 5.75 Å². The van der Waals surface area contributed by atoms with Crippen LogP contribution in [-0.4, -0.2) is 41.6 Å². The summed E-state index contributed by atoms with van der Waals surface area (Å²) >= 11 is 0. The lowest BCUT2D eigenvalue weighted by molar-refractivity contribution is -0.139. The molecule has 0 saturated heterocycles. The molecule has 19 heavy (non-hydrogen) atoms. The van der Waals surface area contributed by atoms with Crippen molar-refractivity contribution in [3.05, 3.63) is 42.0 Å². The first kappa shape index (κ1) is 13.1. The molecule has 1 heterocycles. The number of amides is 1. The average Bonchev–Trinajstić information content (AvgIpc) is 2.46. The van der Waals surface area contributed by atoms with Crippen LogP contribution in [-0.2, 0) is 4.79 Å². The van der Waals surface area contributed by atoms with Crippen molar-refractivity contribution in [2.75, 3.05) is 19.7 Å². The van der Waals surface area contributed by atoms with Gasteiger partial charge in [0.15, 0.2) is 6.61 Å². The lowest BCUT2D eigenvalue weighted by Crippen LogP contribution is -2.33. The van der Waals surface area contributed by atoms with Crippen LogP contribution in [0.15, 0.2) is 36.4 Å². The van der Waals surface area contributed by atoms with Crippen molar-refractivity contribution in [2.24, 2.45) is 0 Å². The van der Waals surface area contributed by atoms with Crippen molar-refractivity contribution in [2.45, 2.75) is 6.42 Å². The first-order valence-corrected chi connectivity index (χ1v) is 6.06. The fraction of sp³-hybridized carbons (Fsp3) is 0.286. The largest absolute Gasteiger partial charge is 0.482 e. The third-order valence-corrected chi connectivity index (χ3v) is 2.81. The number of nitrogens with zero attached hydrogens (tertiary/aromatic N) is 1. The van der Waals surface area contributed by atoms with Crippen LogP contribution >= 0.6 is 0 Å². The van der Waals surface area contributed by atoms with E-state index in [4.69, 9.17) is 9.84 Å². The van der Waals surface area contributed by atoms with Gasteiger partial charge in [-0.15, -0.1) is 0 Å². The number of benzene rings is 1. The Kier molecular flexibility index (Phi) is 4.18. The van der Waals surface area contributed by atoms with E-state index in [-0.39, 0.29) is 12.5 Å². The fourth-order valence-corrected chi connectivity index (χ4v) is 1.85. The predicted molar refractivity (Wildman–Crippen MR) is 69.2 cm³/mol. The number of carboxylic acids is 1. The molecule has 5 nitrogen and oxygen atoms in total. The molecule has 1 aliphatic rings. The summed E-state index contributed by atoms with van der Waals surface area (Å²) in [5.41, 5.74) is 0.581. The standard InChI is InChI=1S/C14H15NO4/c16-13(17)10-19-12-6-4-11(5-7-12)14(18)15-8-2-1-3-9-15/h1-2,4-7H,3,8-10H2,(H,16,17). The molecule has 0 aromatic heterocycles. The van der Waals surface area contributed by atoms with Gasteiger partial charge in [-0.05, 0) is 30.7 Å². The van der Waals surface area contributed by atoms with E-state index in [1.165, 1.54) is 0 Å². The number of aliphatic carboxylic acids is 1. The Morgan fingerprint density at radius 1 is 1.21 bits per heavy atom. The van der Waals surface area contributed by atoms with E-state index in [1.54, 1.807) is 29.2 Å². The molecule has 1 aliphatic heterocycles. The molecule has 0 spiro atoms. The van der Waals surface area contributed by atoms with Crippen molar-refractivity contribution >= 4 is 11.9 Å². The summed E-state index contributed by atoms with van der Waals surface area (Å²) in [6, 6.07) is 6.52. The Labute approximate surface area is 111 Å². The highest BCUT2D eigenvalue weighted by Gasteiger charge is 2.15. The van der Waals surface area contributed by atoms with Gasteiger partial charge in [0.2, 0.25) is 0 Å². The summed E-state index contributed by atoms with van der Waals surface area (Å²) in [6.45, 7) is 0.979. The number of carbonyl (C=O) groups excluding carboxylic acids is 1. The highest BCUT2D eigenvalue weighted by atomic mass is 16.5. The summed E-state index contributed by atoms with van der Waals surface area (Å²) in [5.74, 6) is -0.605. The SMILES string of the molecule is O=C(O)COc1ccc(C(=O)N2CC=CCC2)cc1. The van der Waals surface area contributed by atoms with Crippen LogP contribution in [0.4, 0.5) is 0 Å². The zero-order valence-electron chi connectivity index (χ0n) is 10.4. The van der Waals surface area contributed by atoms with Crippen LogP contribution in [0.3, 0.4) is 0 Å². The van der Waals surface area contributed by atoms with E-state index in [0.717, 1.165) is 13.0 Å². The smallest absolute Gasteiger partial charge is 0.341 e. The fourth-order valence-electron chi connectivity index (χ4n) is 1.85. The van der Waals surface area contributed by atoms with Crippen LogP contribution in [0.5, 0.6) is 5.75 Å². The Morgan fingerprint density at radius 3 is 2.53 bits per heavy atom. The van der Waals surface area contributed by atoms with Gasteiger partial charge >= 0.3 is 5.97 Å². The summed E-state index contributed by atoms with van der Waals surface area (Å²) in [5, 5.41) is 8.50. The maximum atomic E-state index is 12.1. The maximum absolute atomic E-state index is 12.1. The Bertz CT molecular complexity index is 493. The molecule has 0 saturated carbocycles. The van der Waals surface area contributed by atoms with E-state index in [2.05, 4.69) is 6.08 Å². The minimum atomic E-state index is -1.03.